The van der Waals surface area contributed by atoms with Gasteiger partial charge in [0, 0.05) is 42.0 Å². The zero-order valence-corrected chi connectivity index (χ0v) is 23.9. The van der Waals surface area contributed by atoms with Crippen molar-refractivity contribution in [2.45, 2.75) is 55.9 Å². The molecule has 0 bridgehead atoms. The Bertz CT molecular complexity index is 1450. The average molecular weight is 626 g/mol. The molecule has 5 rings (SSSR count). The van der Waals surface area contributed by atoms with Crippen molar-refractivity contribution in [2.75, 3.05) is 26.1 Å². The number of likely N-dealkylation sites (tertiary alicyclic amines) is 1. The molecule has 2 aromatic carbocycles. The highest BCUT2D eigenvalue weighted by Gasteiger charge is 2.52. The largest absolute Gasteiger partial charge is 0.493 e. The molecule has 0 radical (unpaired) electrons. The Morgan fingerprint density at radius 3 is 2.41 bits per heavy atom. The molecule has 1 aliphatic carbocycles. The number of aliphatic carboxylic acids is 1. The van der Waals surface area contributed by atoms with Crippen molar-refractivity contribution in [2.24, 2.45) is 0 Å². The predicted molar refractivity (Wildman–Crippen MR) is 148 cm³/mol. The van der Waals surface area contributed by atoms with Gasteiger partial charge in [-0.2, -0.15) is 18.3 Å². The molecule has 1 saturated carbocycles. The van der Waals surface area contributed by atoms with Gasteiger partial charge in [-0.25, -0.2) is 18.4 Å². The van der Waals surface area contributed by atoms with E-state index in [4.69, 9.17) is 19.4 Å². The van der Waals surface area contributed by atoms with E-state index in [0.717, 1.165) is 50.1 Å². The smallest absolute Gasteiger partial charge is 0.490 e. The Morgan fingerprint density at radius 1 is 1.07 bits per heavy atom. The Kier molecular flexibility index (Phi) is 9.97. The molecule has 1 aliphatic heterocycles. The number of alkyl halides is 3. The fourth-order valence-corrected chi connectivity index (χ4v) is 5.96. The summed E-state index contributed by atoms with van der Waals surface area (Å²) in [5.41, 5.74) is 2.26. The van der Waals surface area contributed by atoms with Crippen LogP contribution >= 0.6 is 0 Å². The third kappa shape index (κ3) is 7.38. The van der Waals surface area contributed by atoms with Crippen LogP contribution in [0.1, 0.15) is 36.9 Å². The van der Waals surface area contributed by atoms with Gasteiger partial charge in [0.05, 0.1) is 19.9 Å². The lowest BCUT2D eigenvalue weighted by Gasteiger charge is -2.45. The molecule has 2 heterocycles. The zero-order valence-electron chi connectivity index (χ0n) is 23.9. The van der Waals surface area contributed by atoms with Crippen LogP contribution < -0.4 is 20.1 Å². The van der Waals surface area contributed by atoms with Gasteiger partial charge in [0.15, 0.2) is 23.1 Å². The van der Waals surface area contributed by atoms with E-state index < -0.39 is 29.8 Å². The van der Waals surface area contributed by atoms with Crippen LogP contribution in [0.5, 0.6) is 11.5 Å². The van der Waals surface area contributed by atoms with Gasteiger partial charge in [-0.05, 0) is 68.1 Å². The summed E-state index contributed by atoms with van der Waals surface area (Å²) >= 11 is 0. The Labute approximate surface area is 249 Å². The Balaban J connectivity index is 0.000000566. The number of hydrogen-bond donors (Lipinski definition) is 4. The van der Waals surface area contributed by atoms with E-state index in [2.05, 4.69) is 37.9 Å². The number of ether oxygens (including phenoxy) is 2. The number of carboxylic acid groups (broad SMARTS) is 1. The lowest BCUT2D eigenvalue weighted by atomic mass is 9.65. The number of benzene rings is 2. The fraction of sp³-hybridized carbons (Fsp3) is 0.414. The molecule has 2 amide bonds. The number of aromatic amines is 1. The number of urea groups is 1. The lowest BCUT2D eigenvalue weighted by molar-refractivity contribution is -0.192. The van der Waals surface area contributed by atoms with Crippen LogP contribution in [0, 0.1) is 11.6 Å². The number of aromatic nitrogens is 2. The van der Waals surface area contributed by atoms with Gasteiger partial charge in [0.1, 0.15) is 0 Å². The molecule has 10 nitrogen and oxygen atoms in total. The van der Waals surface area contributed by atoms with E-state index >= 15 is 0 Å². The van der Waals surface area contributed by atoms with Crippen LogP contribution in [0.2, 0.25) is 0 Å². The minimum Gasteiger partial charge on any atom is -0.493 e. The van der Waals surface area contributed by atoms with Crippen LogP contribution in [-0.4, -0.2) is 71.2 Å². The zero-order chi connectivity index (χ0) is 32.1. The van der Waals surface area contributed by atoms with Crippen LogP contribution in [0.3, 0.4) is 0 Å². The van der Waals surface area contributed by atoms with E-state index in [1.807, 2.05) is 18.3 Å². The van der Waals surface area contributed by atoms with E-state index in [9.17, 15) is 26.7 Å². The third-order valence-electron chi connectivity index (χ3n) is 8.01. The lowest BCUT2D eigenvalue weighted by Crippen LogP contribution is -2.52. The van der Waals surface area contributed by atoms with Crippen molar-refractivity contribution in [3.63, 3.8) is 0 Å². The Hall–Kier alpha value is -4.40. The number of hydrogen-bond acceptors (Lipinski definition) is 6. The van der Waals surface area contributed by atoms with E-state index in [0.29, 0.717) is 18.0 Å². The summed E-state index contributed by atoms with van der Waals surface area (Å²) in [5, 5.41) is 20.0. The number of carbonyl (C=O) groups excluding carboxylic acids is 1. The standard InChI is InChI=1S/C27H31F2N5O3.C2HF3O2/c1-36-23-6-3-17(13-24(23)37-2)27-9-7-19(32-26(35)31-18-4-5-21(28)22(29)14-18)15-25(27)34(12-10-27)16-20-8-11-30-33-20;3-2(4,5)1(6)7/h3-6,8,11,13-14,19,25H,7,9-10,12,15-16H2,1-2H3,(H,30,33)(H2,31,32,35);(H,6,7). The summed E-state index contributed by atoms with van der Waals surface area (Å²) in [7, 11) is 3.27. The number of methoxy groups -OCH3 is 2. The molecule has 3 atom stereocenters. The molecular formula is C29H32F5N5O5. The number of carbonyl (C=O) groups is 2. The first-order chi connectivity index (χ1) is 20.9. The molecule has 4 N–H and O–H groups in total. The first-order valence-electron chi connectivity index (χ1n) is 13.6. The number of rotatable bonds is 7. The first kappa shape index (κ1) is 32.5. The van der Waals surface area contributed by atoms with E-state index in [-0.39, 0.29) is 23.2 Å². The number of halogens is 5. The molecule has 2 fully saturated rings. The summed E-state index contributed by atoms with van der Waals surface area (Å²) in [6.07, 6.45) is 0.114. The number of nitrogens with one attached hydrogen (secondary N) is 3. The minimum atomic E-state index is -5.08. The van der Waals surface area contributed by atoms with Gasteiger partial charge in [0.25, 0.3) is 0 Å². The SMILES string of the molecule is COc1ccc(C23CCC(NC(=O)Nc4ccc(F)c(F)c4)CC2N(Cc2cc[nH]n2)CC3)cc1OC.O=C(O)C(F)(F)F. The average Bonchev–Trinajstić information content (AvgIpc) is 3.63. The highest BCUT2D eigenvalue weighted by atomic mass is 19.4. The summed E-state index contributed by atoms with van der Waals surface area (Å²) in [5.74, 6) is -3.33. The number of nitrogens with zero attached hydrogens (tertiary/aromatic N) is 2. The normalized spacial score (nSPS) is 21.4. The minimum absolute atomic E-state index is 0.0802. The maximum atomic E-state index is 13.6. The number of anilines is 1. The molecule has 2 aliphatic rings. The second-order valence-corrected chi connectivity index (χ2v) is 10.5. The molecule has 1 saturated heterocycles. The molecule has 3 unspecified atom stereocenters. The van der Waals surface area contributed by atoms with Gasteiger partial charge >= 0.3 is 18.2 Å². The maximum Gasteiger partial charge on any atom is 0.490 e. The van der Waals surface area contributed by atoms with Crippen LogP contribution in [0.15, 0.2) is 48.7 Å². The number of carboxylic acids is 1. The van der Waals surface area contributed by atoms with Crippen molar-refractivity contribution in [3.8, 4) is 11.5 Å². The topological polar surface area (TPSA) is 129 Å². The van der Waals surface area contributed by atoms with E-state index in [1.54, 1.807) is 14.2 Å². The third-order valence-corrected chi connectivity index (χ3v) is 8.01. The predicted octanol–water partition coefficient (Wildman–Crippen LogP) is 5.22. The van der Waals surface area contributed by atoms with Gasteiger partial charge < -0.3 is 25.2 Å². The van der Waals surface area contributed by atoms with Gasteiger partial charge in [-0.3, -0.25) is 10.00 Å². The molecular weight excluding hydrogens is 593 g/mol. The van der Waals surface area contributed by atoms with Crippen molar-refractivity contribution < 1.29 is 46.1 Å². The van der Waals surface area contributed by atoms with Gasteiger partial charge in [-0.1, -0.05) is 6.07 Å². The highest BCUT2D eigenvalue weighted by molar-refractivity contribution is 5.89. The highest BCUT2D eigenvalue weighted by Crippen LogP contribution is 2.50. The van der Waals surface area contributed by atoms with E-state index in [1.165, 1.54) is 11.6 Å². The van der Waals surface area contributed by atoms with Crippen LogP contribution in [0.25, 0.3) is 0 Å². The number of H-pyrrole nitrogens is 1. The van der Waals surface area contributed by atoms with Crippen molar-refractivity contribution in [1.82, 2.24) is 20.4 Å². The fourth-order valence-electron chi connectivity index (χ4n) is 5.96. The van der Waals surface area contributed by atoms with Crippen molar-refractivity contribution in [3.05, 3.63) is 71.6 Å². The van der Waals surface area contributed by atoms with Crippen LogP contribution in [-0.2, 0) is 16.8 Å². The first-order valence-corrected chi connectivity index (χ1v) is 13.6. The summed E-state index contributed by atoms with van der Waals surface area (Å²) < 4.78 is 69.6. The molecule has 0 spiro atoms. The molecule has 44 heavy (non-hydrogen) atoms. The number of fused-ring (bicyclic) bond motifs is 1. The van der Waals surface area contributed by atoms with Crippen LogP contribution in [0.4, 0.5) is 32.4 Å². The van der Waals surface area contributed by atoms with Gasteiger partial charge in [0.2, 0.25) is 0 Å². The molecule has 15 heteroatoms. The monoisotopic (exact) mass is 625 g/mol. The summed E-state index contributed by atoms with van der Waals surface area (Å²) in [6.45, 7) is 1.61. The Morgan fingerprint density at radius 2 is 1.80 bits per heavy atom. The van der Waals surface area contributed by atoms with Crippen molar-refractivity contribution in [1.29, 1.82) is 0 Å². The maximum absolute atomic E-state index is 13.6. The number of amides is 2. The quantitative estimate of drug-likeness (QED) is 0.265. The molecule has 1 aromatic heterocycles. The van der Waals surface area contributed by atoms with Crippen molar-refractivity contribution >= 4 is 17.7 Å². The summed E-state index contributed by atoms with van der Waals surface area (Å²) in [4.78, 5) is 24.0. The second-order valence-electron chi connectivity index (χ2n) is 10.5. The molecule has 238 valence electrons. The second kappa shape index (κ2) is 13.5. The van der Waals surface area contributed by atoms with Gasteiger partial charge in [-0.15, -0.1) is 0 Å². The summed E-state index contributed by atoms with van der Waals surface area (Å²) in [6, 6.07) is 11.1. The molecule has 3 aromatic rings.